The second-order valence-electron chi connectivity index (χ2n) is 9.34. The number of halogens is 1. The summed E-state index contributed by atoms with van der Waals surface area (Å²) in [6.07, 6.45) is 6.49. The van der Waals surface area contributed by atoms with Crippen LogP contribution in [0.1, 0.15) is 29.9 Å². The maximum atomic E-state index is 6.82. The molecule has 0 spiro atoms. The molecule has 1 saturated carbocycles. The molecule has 36 heavy (non-hydrogen) atoms. The summed E-state index contributed by atoms with van der Waals surface area (Å²) in [6.45, 7) is 0.582. The van der Waals surface area contributed by atoms with Gasteiger partial charge in [-0.2, -0.15) is 10.2 Å². The molecule has 1 fully saturated rings. The first kappa shape index (κ1) is 22.7. The molecule has 0 amide bonds. The Kier molecular flexibility index (Phi) is 5.69. The molecule has 0 unspecified atom stereocenters. The summed E-state index contributed by atoms with van der Waals surface area (Å²) >= 11 is 6.82. The first-order chi connectivity index (χ1) is 17.6. The minimum Gasteiger partial charge on any atom is -0.497 e. The van der Waals surface area contributed by atoms with Gasteiger partial charge >= 0.3 is 0 Å². The number of hydrogen-bond acceptors (Lipinski definition) is 5. The van der Waals surface area contributed by atoms with Gasteiger partial charge in [-0.3, -0.25) is 0 Å². The zero-order valence-electron chi connectivity index (χ0n) is 20.5. The standard InChI is InChI=1S/C29H27ClN4O2/c1-34-16-23(17-4-5-17)29-24(30)10-20(12-27(29)34)18-7-9-22-25(11-18)33-32-15-26(22)31-14-19-6-8-21(35-2)13-28(19)36-3/h6-13,15-17H,4-5,14H2,1-3H3,(H,31,33). The van der Waals surface area contributed by atoms with E-state index in [9.17, 15) is 0 Å². The van der Waals surface area contributed by atoms with E-state index in [1.165, 1.54) is 23.8 Å². The maximum Gasteiger partial charge on any atom is 0.127 e. The van der Waals surface area contributed by atoms with Crippen molar-refractivity contribution in [2.45, 2.75) is 25.3 Å². The number of aryl methyl sites for hydroxylation is 1. The fourth-order valence-electron chi connectivity index (χ4n) is 4.94. The molecule has 6 nitrogen and oxygen atoms in total. The van der Waals surface area contributed by atoms with Crippen LogP contribution in [0.5, 0.6) is 11.5 Å². The van der Waals surface area contributed by atoms with E-state index in [1.807, 2.05) is 18.2 Å². The normalized spacial score (nSPS) is 13.3. The van der Waals surface area contributed by atoms with E-state index in [4.69, 9.17) is 21.1 Å². The van der Waals surface area contributed by atoms with Gasteiger partial charge in [-0.05, 0) is 71.8 Å². The molecule has 7 heteroatoms. The van der Waals surface area contributed by atoms with Gasteiger partial charge in [-0.15, -0.1) is 0 Å². The molecule has 1 aliphatic rings. The average Bonchev–Trinajstić information content (AvgIpc) is 3.70. The van der Waals surface area contributed by atoms with E-state index in [0.29, 0.717) is 12.5 Å². The Morgan fingerprint density at radius 2 is 1.89 bits per heavy atom. The lowest BCUT2D eigenvalue weighted by atomic mass is 10.0. The Balaban J connectivity index is 1.32. The lowest BCUT2D eigenvalue weighted by Gasteiger charge is -2.13. The van der Waals surface area contributed by atoms with E-state index in [-0.39, 0.29) is 0 Å². The number of nitrogens with zero attached hydrogens (tertiary/aromatic N) is 3. The van der Waals surface area contributed by atoms with Gasteiger partial charge in [0.1, 0.15) is 11.5 Å². The predicted molar refractivity (Wildman–Crippen MR) is 145 cm³/mol. The van der Waals surface area contributed by atoms with Gasteiger partial charge in [-0.1, -0.05) is 17.7 Å². The molecule has 5 aromatic rings. The smallest absolute Gasteiger partial charge is 0.127 e. The highest BCUT2D eigenvalue weighted by Crippen LogP contribution is 2.46. The average molecular weight is 499 g/mol. The molecule has 0 atom stereocenters. The van der Waals surface area contributed by atoms with Gasteiger partial charge in [-0.25, -0.2) is 0 Å². The first-order valence-electron chi connectivity index (χ1n) is 12.0. The Labute approximate surface area is 214 Å². The van der Waals surface area contributed by atoms with Crippen molar-refractivity contribution in [2.24, 2.45) is 7.05 Å². The van der Waals surface area contributed by atoms with Crippen molar-refractivity contribution < 1.29 is 9.47 Å². The van der Waals surface area contributed by atoms with Gasteiger partial charge in [0.05, 0.1) is 42.2 Å². The molecule has 0 saturated heterocycles. The van der Waals surface area contributed by atoms with Crippen LogP contribution >= 0.6 is 11.6 Å². The number of aromatic nitrogens is 3. The second kappa shape index (κ2) is 9.03. The number of methoxy groups -OCH3 is 2. The minimum absolute atomic E-state index is 0.582. The van der Waals surface area contributed by atoms with E-state index in [2.05, 4.69) is 63.7 Å². The van der Waals surface area contributed by atoms with Crippen molar-refractivity contribution in [3.63, 3.8) is 0 Å². The highest BCUT2D eigenvalue weighted by molar-refractivity contribution is 6.36. The fourth-order valence-corrected chi connectivity index (χ4v) is 5.26. The SMILES string of the molecule is COc1ccc(CNc2cnnc3cc(-c4cc(Cl)c5c(C6CC6)cn(C)c5c4)ccc23)c(OC)c1. The summed E-state index contributed by atoms with van der Waals surface area (Å²) < 4.78 is 13.0. The number of nitrogens with one attached hydrogen (secondary N) is 1. The highest BCUT2D eigenvalue weighted by Gasteiger charge is 2.28. The summed E-state index contributed by atoms with van der Waals surface area (Å²) in [5.41, 5.74) is 7.42. The summed E-state index contributed by atoms with van der Waals surface area (Å²) in [5.74, 6) is 2.18. The van der Waals surface area contributed by atoms with Crippen LogP contribution < -0.4 is 14.8 Å². The zero-order valence-corrected chi connectivity index (χ0v) is 21.3. The number of ether oxygens (including phenoxy) is 2. The van der Waals surface area contributed by atoms with Crippen molar-refractivity contribution in [3.8, 4) is 22.6 Å². The monoisotopic (exact) mass is 498 g/mol. The van der Waals surface area contributed by atoms with Crippen molar-refractivity contribution in [1.82, 2.24) is 14.8 Å². The minimum atomic E-state index is 0.582. The van der Waals surface area contributed by atoms with Crippen LogP contribution in [0.15, 0.2) is 60.9 Å². The van der Waals surface area contributed by atoms with Crippen LogP contribution in [-0.4, -0.2) is 29.0 Å². The number of benzene rings is 3. The third kappa shape index (κ3) is 4.01. The molecular weight excluding hydrogens is 472 g/mol. The van der Waals surface area contributed by atoms with Crippen molar-refractivity contribution in [3.05, 3.63) is 77.1 Å². The Bertz CT molecular complexity index is 1610. The second-order valence-corrected chi connectivity index (χ2v) is 9.75. The van der Waals surface area contributed by atoms with Crippen LogP contribution in [0.4, 0.5) is 5.69 Å². The van der Waals surface area contributed by atoms with Crippen LogP contribution in [-0.2, 0) is 13.6 Å². The molecule has 2 aromatic heterocycles. The molecule has 0 aliphatic heterocycles. The van der Waals surface area contributed by atoms with Gasteiger partial charge < -0.3 is 19.4 Å². The van der Waals surface area contributed by atoms with E-state index in [1.54, 1.807) is 20.4 Å². The third-order valence-electron chi connectivity index (χ3n) is 7.03. The third-order valence-corrected chi connectivity index (χ3v) is 7.32. The Morgan fingerprint density at radius 1 is 1.03 bits per heavy atom. The number of hydrogen-bond donors (Lipinski definition) is 1. The zero-order chi connectivity index (χ0) is 24.8. The lowest BCUT2D eigenvalue weighted by Crippen LogP contribution is -2.03. The van der Waals surface area contributed by atoms with Gasteiger partial charge in [0.2, 0.25) is 0 Å². The summed E-state index contributed by atoms with van der Waals surface area (Å²) in [4.78, 5) is 0. The first-order valence-corrected chi connectivity index (χ1v) is 12.4. The summed E-state index contributed by atoms with van der Waals surface area (Å²) in [7, 11) is 5.40. The molecule has 182 valence electrons. The molecule has 1 aliphatic carbocycles. The lowest BCUT2D eigenvalue weighted by molar-refractivity contribution is 0.391. The van der Waals surface area contributed by atoms with Gasteiger partial charge in [0.25, 0.3) is 0 Å². The Hall–Kier alpha value is -3.77. The van der Waals surface area contributed by atoms with E-state index >= 15 is 0 Å². The van der Waals surface area contributed by atoms with E-state index in [0.717, 1.165) is 55.3 Å². The van der Waals surface area contributed by atoms with Gasteiger partial charge in [0.15, 0.2) is 0 Å². The maximum absolute atomic E-state index is 6.82. The summed E-state index contributed by atoms with van der Waals surface area (Å²) in [6, 6.07) is 16.4. The molecule has 0 bridgehead atoms. The van der Waals surface area contributed by atoms with Crippen molar-refractivity contribution in [1.29, 1.82) is 0 Å². The topological polar surface area (TPSA) is 61.2 Å². The van der Waals surface area contributed by atoms with Crippen LogP contribution in [0.2, 0.25) is 5.02 Å². The van der Waals surface area contributed by atoms with Crippen LogP contribution in [0.3, 0.4) is 0 Å². The summed E-state index contributed by atoms with van der Waals surface area (Å²) in [5, 5.41) is 15.1. The molecule has 6 rings (SSSR count). The van der Waals surface area contributed by atoms with Crippen molar-refractivity contribution in [2.75, 3.05) is 19.5 Å². The molecular formula is C29H27ClN4O2. The van der Waals surface area contributed by atoms with Crippen LogP contribution in [0.25, 0.3) is 32.9 Å². The number of rotatable bonds is 7. The van der Waals surface area contributed by atoms with Crippen LogP contribution in [0, 0.1) is 0 Å². The highest BCUT2D eigenvalue weighted by atomic mass is 35.5. The van der Waals surface area contributed by atoms with Gasteiger partial charge in [0, 0.05) is 42.2 Å². The molecule has 2 heterocycles. The fraction of sp³-hybridized carbons (Fsp3) is 0.241. The molecule has 3 aromatic carbocycles. The predicted octanol–water partition coefficient (Wildman–Crippen LogP) is 6.95. The largest absolute Gasteiger partial charge is 0.497 e. The van der Waals surface area contributed by atoms with E-state index < -0.39 is 0 Å². The number of fused-ring (bicyclic) bond motifs is 2. The quantitative estimate of drug-likeness (QED) is 0.263. The molecule has 1 N–H and O–H groups in total. The van der Waals surface area contributed by atoms with Crippen molar-refractivity contribution >= 4 is 39.1 Å². The Morgan fingerprint density at radius 3 is 2.67 bits per heavy atom. The molecule has 0 radical (unpaired) electrons. The number of anilines is 1.